The van der Waals surface area contributed by atoms with Crippen LogP contribution in [0.3, 0.4) is 0 Å². The molecule has 9 heteroatoms. The molecule has 0 radical (unpaired) electrons. The molecular weight excluding hydrogens is 429 g/mol. The van der Waals surface area contributed by atoms with Crippen LogP contribution in [0.2, 0.25) is 0 Å². The van der Waals surface area contributed by atoms with Crippen LogP contribution < -0.4 is 10.2 Å². The maximum Gasteiger partial charge on any atom is 0.244 e. The Morgan fingerprint density at radius 3 is 2.66 bits per heavy atom. The standard InChI is InChI=1S/C23H20FN5O2S/c1-14(22-27-18-8-4-5-9-19(18)28-22)25-21(31)12-11-16-13-32-23(26-16)29(15(2)30)20-10-6-3-7-17(20)24/h3-14H,1-2H3,(H,25,31)(H,27,28)/b12-11+. The number of anilines is 2. The van der Waals surface area contributed by atoms with E-state index in [4.69, 9.17) is 0 Å². The number of halogens is 1. The maximum absolute atomic E-state index is 14.2. The highest BCUT2D eigenvalue weighted by Crippen LogP contribution is 2.31. The third-order valence-electron chi connectivity index (χ3n) is 4.69. The summed E-state index contributed by atoms with van der Waals surface area (Å²) in [7, 11) is 0. The zero-order valence-corrected chi connectivity index (χ0v) is 18.2. The molecule has 4 aromatic rings. The lowest BCUT2D eigenvalue weighted by atomic mass is 10.3. The molecule has 2 N–H and O–H groups in total. The van der Waals surface area contributed by atoms with Crippen LogP contribution in [-0.4, -0.2) is 26.8 Å². The zero-order chi connectivity index (χ0) is 22.7. The first-order valence-corrected chi connectivity index (χ1v) is 10.7. The number of hydrogen-bond donors (Lipinski definition) is 2. The number of fused-ring (bicyclic) bond motifs is 1. The third-order valence-corrected chi connectivity index (χ3v) is 5.54. The molecule has 0 fully saturated rings. The molecular formula is C23H20FN5O2S. The van der Waals surface area contributed by atoms with Gasteiger partial charge < -0.3 is 10.3 Å². The predicted octanol–water partition coefficient (Wildman–Crippen LogP) is 4.73. The molecule has 7 nitrogen and oxygen atoms in total. The molecule has 2 aromatic carbocycles. The number of nitrogens with one attached hydrogen (secondary N) is 2. The van der Waals surface area contributed by atoms with Gasteiger partial charge in [-0.25, -0.2) is 14.4 Å². The van der Waals surface area contributed by atoms with E-state index in [2.05, 4.69) is 20.3 Å². The van der Waals surface area contributed by atoms with Crippen LogP contribution in [0.1, 0.15) is 31.4 Å². The van der Waals surface area contributed by atoms with Gasteiger partial charge in [-0.1, -0.05) is 24.3 Å². The van der Waals surface area contributed by atoms with Crippen LogP contribution >= 0.6 is 11.3 Å². The summed E-state index contributed by atoms with van der Waals surface area (Å²) in [6.45, 7) is 3.18. The summed E-state index contributed by atoms with van der Waals surface area (Å²) in [4.78, 5) is 37.7. The van der Waals surface area contributed by atoms with Crippen LogP contribution in [0.5, 0.6) is 0 Å². The number of aromatic amines is 1. The van der Waals surface area contributed by atoms with E-state index < -0.39 is 5.82 Å². The molecule has 0 spiro atoms. The number of benzene rings is 2. The van der Waals surface area contributed by atoms with E-state index in [1.165, 1.54) is 41.4 Å². The van der Waals surface area contributed by atoms with Crippen molar-refractivity contribution in [3.8, 4) is 0 Å². The van der Waals surface area contributed by atoms with Crippen molar-refractivity contribution >= 4 is 51.1 Å². The molecule has 1 atom stereocenters. The number of H-pyrrole nitrogens is 1. The average Bonchev–Trinajstić information content (AvgIpc) is 3.41. The topological polar surface area (TPSA) is 91.0 Å². The molecule has 4 rings (SSSR count). The van der Waals surface area contributed by atoms with E-state index in [1.54, 1.807) is 23.6 Å². The van der Waals surface area contributed by atoms with Crippen LogP contribution in [0.25, 0.3) is 17.1 Å². The summed E-state index contributed by atoms with van der Waals surface area (Å²) in [5, 5.41) is 4.86. The summed E-state index contributed by atoms with van der Waals surface area (Å²) in [6, 6.07) is 13.3. The minimum Gasteiger partial charge on any atom is -0.343 e. The summed E-state index contributed by atoms with van der Waals surface area (Å²) in [5.41, 5.74) is 2.35. The van der Waals surface area contributed by atoms with Gasteiger partial charge >= 0.3 is 0 Å². The normalized spacial score (nSPS) is 12.2. The largest absolute Gasteiger partial charge is 0.343 e. The number of nitrogens with zero attached hydrogens (tertiary/aromatic N) is 3. The van der Waals surface area contributed by atoms with Crippen molar-refractivity contribution in [3.63, 3.8) is 0 Å². The van der Waals surface area contributed by atoms with Gasteiger partial charge in [-0.05, 0) is 37.3 Å². The van der Waals surface area contributed by atoms with Gasteiger partial charge in [0, 0.05) is 18.4 Å². The van der Waals surface area contributed by atoms with Crippen LogP contribution in [0.4, 0.5) is 15.2 Å². The number of aromatic nitrogens is 3. The lowest BCUT2D eigenvalue weighted by molar-refractivity contribution is -0.117. The van der Waals surface area contributed by atoms with Crippen molar-refractivity contribution in [2.24, 2.45) is 0 Å². The molecule has 1 unspecified atom stereocenters. The fraction of sp³-hybridized carbons (Fsp3) is 0.130. The summed E-state index contributed by atoms with van der Waals surface area (Å²) in [6.07, 6.45) is 2.90. The van der Waals surface area contributed by atoms with Crippen molar-refractivity contribution in [1.29, 1.82) is 0 Å². The van der Waals surface area contributed by atoms with Gasteiger partial charge in [0.1, 0.15) is 11.6 Å². The monoisotopic (exact) mass is 449 g/mol. The second kappa shape index (κ2) is 9.11. The lowest BCUT2D eigenvalue weighted by Crippen LogP contribution is -2.25. The number of para-hydroxylation sites is 3. The Hall–Kier alpha value is -3.85. The number of imidazole rings is 1. The van der Waals surface area contributed by atoms with Crippen molar-refractivity contribution in [2.45, 2.75) is 19.9 Å². The Balaban J connectivity index is 1.45. The summed E-state index contributed by atoms with van der Waals surface area (Å²) in [5.74, 6) is -0.540. The smallest absolute Gasteiger partial charge is 0.244 e. The summed E-state index contributed by atoms with van der Waals surface area (Å²) >= 11 is 1.18. The third kappa shape index (κ3) is 4.57. The number of carbonyl (C=O) groups excluding carboxylic acids is 2. The first kappa shape index (κ1) is 21.4. The Kier molecular flexibility index (Phi) is 6.09. The number of rotatable bonds is 6. The number of hydrogen-bond acceptors (Lipinski definition) is 5. The van der Waals surface area contributed by atoms with Crippen LogP contribution in [-0.2, 0) is 9.59 Å². The molecule has 0 saturated heterocycles. The Morgan fingerprint density at radius 1 is 1.16 bits per heavy atom. The van der Waals surface area contributed by atoms with E-state index in [0.29, 0.717) is 16.6 Å². The molecule has 162 valence electrons. The molecule has 2 amide bonds. The minimum absolute atomic E-state index is 0.127. The number of amides is 2. The molecule has 2 heterocycles. The van der Waals surface area contributed by atoms with Crippen LogP contribution in [0, 0.1) is 5.82 Å². The minimum atomic E-state index is -0.519. The Bertz CT molecular complexity index is 1280. The molecule has 0 aliphatic carbocycles. The van der Waals surface area contributed by atoms with Crippen molar-refractivity contribution in [3.05, 3.63) is 77.3 Å². The second-order valence-corrected chi connectivity index (χ2v) is 7.90. The van der Waals surface area contributed by atoms with E-state index in [1.807, 2.05) is 31.2 Å². The predicted molar refractivity (Wildman–Crippen MR) is 123 cm³/mol. The van der Waals surface area contributed by atoms with Gasteiger partial charge in [0.25, 0.3) is 0 Å². The second-order valence-electron chi connectivity index (χ2n) is 7.06. The highest BCUT2D eigenvalue weighted by atomic mass is 32.1. The van der Waals surface area contributed by atoms with Gasteiger partial charge in [-0.2, -0.15) is 0 Å². The fourth-order valence-corrected chi connectivity index (χ4v) is 4.01. The Labute approximate surface area is 187 Å². The highest BCUT2D eigenvalue weighted by molar-refractivity contribution is 7.14. The number of carbonyl (C=O) groups is 2. The van der Waals surface area contributed by atoms with E-state index in [9.17, 15) is 14.0 Å². The van der Waals surface area contributed by atoms with Crippen LogP contribution in [0.15, 0.2) is 60.0 Å². The van der Waals surface area contributed by atoms with Gasteiger partial charge in [0.2, 0.25) is 11.8 Å². The molecule has 0 saturated carbocycles. The van der Waals surface area contributed by atoms with E-state index in [-0.39, 0.29) is 23.5 Å². The van der Waals surface area contributed by atoms with Gasteiger partial charge in [0.15, 0.2) is 5.13 Å². The van der Waals surface area contributed by atoms with Crippen molar-refractivity contribution in [2.75, 3.05) is 4.90 Å². The van der Waals surface area contributed by atoms with Crippen molar-refractivity contribution < 1.29 is 14.0 Å². The fourth-order valence-electron chi connectivity index (χ4n) is 3.16. The average molecular weight is 450 g/mol. The maximum atomic E-state index is 14.2. The highest BCUT2D eigenvalue weighted by Gasteiger charge is 2.20. The van der Waals surface area contributed by atoms with Gasteiger partial charge in [0.05, 0.1) is 28.5 Å². The van der Waals surface area contributed by atoms with Gasteiger partial charge in [-0.15, -0.1) is 11.3 Å². The van der Waals surface area contributed by atoms with Gasteiger partial charge in [-0.3, -0.25) is 14.5 Å². The van der Waals surface area contributed by atoms with Crippen molar-refractivity contribution in [1.82, 2.24) is 20.3 Å². The first-order chi connectivity index (χ1) is 15.4. The zero-order valence-electron chi connectivity index (χ0n) is 17.4. The molecule has 2 aromatic heterocycles. The SMILES string of the molecule is CC(=O)N(c1nc(/C=C/C(=O)NC(C)c2nc3ccccc3[nH]2)cs1)c1ccccc1F. The first-order valence-electron chi connectivity index (χ1n) is 9.86. The molecule has 0 bridgehead atoms. The molecule has 0 aliphatic heterocycles. The van der Waals surface area contributed by atoms with E-state index >= 15 is 0 Å². The Morgan fingerprint density at radius 2 is 1.91 bits per heavy atom. The molecule has 32 heavy (non-hydrogen) atoms. The summed E-state index contributed by atoms with van der Waals surface area (Å²) < 4.78 is 14.2. The quantitative estimate of drug-likeness (QED) is 0.416. The number of thiazole rings is 1. The molecule has 0 aliphatic rings. The lowest BCUT2D eigenvalue weighted by Gasteiger charge is -2.18. The van der Waals surface area contributed by atoms with E-state index in [0.717, 1.165) is 11.0 Å².